The molecule has 0 heterocycles. The third-order valence-electron chi connectivity index (χ3n) is 3.81. The molecule has 0 radical (unpaired) electrons. The predicted molar refractivity (Wildman–Crippen MR) is 78.5 cm³/mol. The van der Waals surface area contributed by atoms with E-state index < -0.39 is 75.3 Å². The molecule has 0 saturated heterocycles. The highest BCUT2D eigenvalue weighted by atomic mass is 32.2. The first kappa shape index (κ1) is 33.8. The molecule has 0 aliphatic rings. The topological polar surface area (TPSA) is 72.5 Å². The van der Waals surface area contributed by atoms with Gasteiger partial charge in [0.15, 0.2) is 0 Å². The van der Waals surface area contributed by atoms with Gasteiger partial charge >= 0.3 is 63.0 Å². The first-order chi connectivity index (χ1) is 15.4. The van der Waals surface area contributed by atoms with Crippen LogP contribution in [0.3, 0.4) is 0 Å². The second-order valence-electron chi connectivity index (χ2n) is 6.27. The Morgan fingerprint density at radius 3 is 1.28 bits per heavy atom. The number of hydrogen-bond donors (Lipinski definition) is 1. The summed E-state index contributed by atoms with van der Waals surface area (Å²) in [7, 11) is -7.66. The SMILES string of the molecule is C=C(NS(=O)(=O)C(F)(F)C(F)(F)C(F)(F)C(F)(F)C(F)(F)C(F)(F)C(F)(F)C(F)(F)F)C(=O)OCC. The minimum absolute atomic E-state index is 0.0145. The Kier molecular flexibility index (Phi) is 8.40. The van der Waals surface area contributed by atoms with Gasteiger partial charge in [-0.25, -0.2) is 4.79 Å². The smallest absolute Gasteiger partial charge is 0.460 e. The molecule has 5 nitrogen and oxygen atoms in total. The van der Waals surface area contributed by atoms with E-state index in [9.17, 15) is 87.8 Å². The summed E-state index contributed by atoms with van der Waals surface area (Å²) >= 11 is 0. The number of carbonyl (C=O) groups excluding carboxylic acids is 1. The molecule has 23 heteroatoms. The molecule has 0 fully saturated rings. The first-order valence-electron chi connectivity index (χ1n) is 7.96. The van der Waals surface area contributed by atoms with E-state index in [1.165, 1.54) is 0 Å². The van der Waals surface area contributed by atoms with Crippen molar-refractivity contribution in [2.75, 3.05) is 6.61 Å². The Hall–Kier alpha value is -2.23. The molecule has 0 saturated carbocycles. The lowest BCUT2D eigenvalue weighted by molar-refractivity contribution is -0.458. The number of ether oxygens (including phenoxy) is 1. The monoisotopic (exact) mass is 597 g/mol. The van der Waals surface area contributed by atoms with Crippen molar-refractivity contribution in [3.8, 4) is 0 Å². The van der Waals surface area contributed by atoms with Crippen LogP contribution in [0.2, 0.25) is 0 Å². The molecule has 0 aromatic carbocycles. The van der Waals surface area contributed by atoms with Crippen molar-refractivity contribution >= 4 is 16.0 Å². The highest BCUT2D eigenvalue weighted by Gasteiger charge is 2.96. The van der Waals surface area contributed by atoms with Crippen LogP contribution in [0.25, 0.3) is 0 Å². The largest absolute Gasteiger partial charge is 0.461 e. The molecule has 0 atom stereocenters. The lowest BCUT2D eigenvalue weighted by Crippen LogP contribution is -2.75. The molecule has 36 heavy (non-hydrogen) atoms. The summed E-state index contributed by atoms with van der Waals surface area (Å²) in [5.74, 6) is -54.3. The molecule has 0 bridgehead atoms. The highest BCUT2D eigenvalue weighted by molar-refractivity contribution is 7.90. The molecule has 0 unspecified atom stereocenters. The van der Waals surface area contributed by atoms with Crippen LogP contribution in [-0.4, -0.2) is 68.0 Å². The maximum Gasteiger partial charge on any atom is 0.460 e. The van der Waals surface area contributed by atoms with Gasteiger partial charge in [0.05, 0.1) is 6.61 Å². The maximum atomic E-state index is 13.8. The number of alkyl halides is 17. The molecule has 0 amide bonds. The predicted octanol–water partition coefficient (Wildman–Crippen LogP) is 4.95. The molecular formula is C13H8F17NO4S. The van der Waals surface area contributed by atoms with Gasteiger partial charge in [0, 0.05) is 0 Å². The lowest BCUT2D eigenvalue weighted by atomic mass is 9.91. The summed E-state index contributed by atoms with van der Waals surface area (Å²) < 4.78 is 250. The molecule has 214 valence electrons. The standard InChI is InChI=1S/C13H8F17NO4S/c1-3-35-5(32)4(2)31-36(33,34)13(29,30)11(24,25)9(20,21)7(16,17)6(14,15)8(18,19)10(22,23)12(26,27)28/h31H,2-3H2,1H3. The average molecular weight is 597 g/mol. The van der Waals surface area contributed by atoms with Gasteiger partial charge < -0.3 is 4.74 Å². The van der Waals surface area contributed by atoms with Gasteiger partial charge in [-0.1, -0.05) is 6.58 Å². The van der Waals surface area contributed by atoms with E-state index in [0.29, 0.717) is 0 Å². The van der Waals surface area contributed by atoms with Crippen LogP contribution in [0.1, 0.15) is 6.92 Å². The van der Waals surface area contributed by atoms with Gasteiger partial charge in [0.1, 0.15) is 5.70 Å². The number of halogens is 17. The van der Waals surface area contributed by atoms with Crippen LogP contribution < -0.4 is 4.72 Å². The van der Waals surface area contributed by atoms with Gasteiger partial charge in [-0.3, -0.25) is 4.72 Å². The number of rotatable bonds is 11. The summed E-state index contributed by atoms with van der Waals surface area (Å²) in [5, 5.41) is -7.81. The quantitative estimate of drug-likeness (QED) is 0.208. The maximum absolute atomic E-state index is 13.8. The Morgan fingerprint density at radius 2 is 0.972 bits per heavy atom. The van der Waals surface area contributed by atoms with Crippen molar-refractivity contribution in [3.63, 3.8) is 0 Å². The number of esters is 1. The molecule has 0 aliphatic heterocycles. The molecule has 0 aromatic rings. The van der Waals surface area contributed by atoms with E-state index >= 15 is 0 Å². The summed E-state index contributed by atoms with van der Waals surface area (Å²) in [6, 6.07) is 0. The van der Waals surface area contributed by atoms with E-state index in [0.717, 1.165) is 6.92 Å². The van der Waals surface area contributed by atoms with Gasteiger partial charge in [0.25, 0.3) is 0 Å². The molecule has 0 rings (SSSR count). The Morgan fingerprint density at radius 1 is 0.667 bits per heavy atom. The second-order valence-corrected chi connectivity index (χ2v) is 7.99. The van der Waals surface area contributed by atoms with Crippen LogP contribution in [0, 0.1) is 0 Å². The minimum Gasteiger partial charge on any atom is -0.461 e. The second kappa shape index (κ2) is 8.96. The van der Waals surface area contributed by atoms with Crippen LogP contribution in [-0.2, 0) is 19.6 Å². The molecular weight excluding hydrogens is 589 g/mol. The van der Waals surface area contributed by atoms with Gasteiger partial charge in [-0.2, -0.15) is 83.1 Å². The zero-order valence-corrected chi connectivity index (χ0v) is 17.2. The normalized spacial score (nSPS) is 15.5. The zero-order valence-electron chi connectivity index (χ0n) is 16.4. The summed E-state index contributed by atoms with van der Waals surface area (Å²) in [6.07, 6.45) is -7.92. The molecule has 0 aromatic heterocycles. The van der Waals surface area contributed by atoms with Crippen LogP contribution in [0.15, 0.2) is 12.3 Å². The summed E-state index contributed by atoms with van der Waals surface area (Å²) in [4.78, 5) is 11.1. The third-order valence-corrected chi connectivity index (χ3v) is 5.26. The molecule has 0 aliphatic carbocycles. The Balaban J connectivity index is 6.84. The summed E-state index contributed by atoms with van der Waals surface area (Å²) in [5.41, 5.74) is -2.01. The first-order valence-corrected chi connectivity index (χ1v) is 9.45. The molecule has 1 N–H and O–H groups in total. The van der Waals surface area contributed by atoms with E-state index in [1.807, 2.05) is 0 Å². The van der Waals surface area contributed by atoms with E-state index in [1.54, 1.807) is 0 Å². The van der Waals surface area contributed by atoms with Crippen molar-refractivity contribution in [1.29, 1.82) is 0 Å². The van der Waals surface area contributed by atoms with Crippen molar-refractivity contribution in [2.45, 2.75) is 53.9 Å². The van der Waals surface area contributed by atoms with Crippen molar-refractivity contribution < 1.29 is 92.6 Å². The fourth-order valence-corrected chi connectivity index (χ4v) is 2.81. The van der Waals surface area contributed by atoms with E-state index in [-0.39, 0.29) is 4.72 Å². The van der Waals surface area contributed by atoms with Crippen molar-refractivity contribution in [2.24, 2.45) is 0 Å². The molecule has 0 spiro atoms. The van der Waals surface area contributed by atoms with Crippen molar-refractivity contribution in [1.82, 2.24) is 4.72 Å². The average Bonchev–Trinajstić information content (AvgIpc) is 2.65. The Bertz CT molecular complexity index is 970. The number of sulfonamides is 1. The van der Waals surface area contributed by atoms with E-state index in [4.69, 9.17) is 0 Å². The van der Waals surface area contributed by atoms with Crippen LogP contribution >= 0.6 is 0 Å². The highest BCUT2D eigenvalue weighted by Crippen LogP contribution is 2.64. The summed E-state index contributed by atoms with van der Waals surface area (Å²) in [6.45, 7) is 2.55. The van der Waals surface area contributed by atoms with Crippen LogP contribution in [0.5, 0.6) is 0 Å². The van der Waals surface area contributed by atoms with E-state index in [2.05, 4.69) is 11.3 Å². The zero-order chi connectivity index (χ0) is 29.8. The van der Waals surface area contributed by atoms with Crippen LogP contribution in [0.4, 0.5) is 74.6 Å². The van der Waals surface area contributed by atoms with Crippen molar-refractivity contribution in [3.05, 3.63) is 12.3 Å². The number of carbonyl (C=O) groups is 1. The third kappa shape index (κ3) is 4.50. The fourth-order valence-electron chi connectivity index (χ4n) is 1.80. The van der Waals surface area contributed by atoms with Gasteiger partial charge in [-0.15, -0.1) is 0 Å². The van der Waals surface area contributed by atoms with Gasteiger partial charge in [-0.05, 0) is 6.92 Å². The Labute approximate surface area is 187 Å². The number of hydrogen-bond acceptors (Lipinski definition) is 4. The minimum atomic E-state index is -8.95. The lowest BCUT2D eigenvalue weighted by Gasteiger charge is -2.42. The fraction of sp³-hybridized carbons (Fsp3) is 0.769. The number of nitrogens with one attached hydrogen (secondary N) is 1. The van der Waals surface area contributed by atoms with Gasteiger partial charge in [0.2, 0.25) is 0 Å².